The fraction of sp³-hybridized carbons (Fsp3) is 0.850. The molecule has 0 aromatic carbocycles. The molecule has 0 rings (SSSR count). The quantitative estimate of drug-likeness (QED) is 0.0212. The van der Waals surface area contributed by atoms with E-state index in [0.29, 0.717) is 17.8 Å². The topological polar surface area (TPSA) is 71.1 Å². The van der Waals surface area contributed by atoms with Gasteiger partial charge in [-0.3, -0.25) is 0 Å². The van der Waals surface area contributed by atoms with E-state index in [1.54, 1.807) is 0 Å². The number of allylic oxidation sites excluding steroid dienone is 4. The molecule has 0 unspecified atom stereocenters. The number of unbranched alkanes of at least 4 members (excludes halogenated alkanes) is 24. The molecule has 0 aromatic rings. The highest BCUT2D eigenvalue weighted by Gasteiger charge is 2.02. The molecule has 0 aliphatic heterocycles. The Hall–Kier alpha value is -0.960. The van der Waals surface area contributed by atoms with Gasteiger partial charge in [-0.25, -0.2) is 9.59 Å². The maximum atomic E-state index is 10.9. The largest absolute Gasteiger partial charge is 0.509 e. The van der Waals surface area contributed by atoms with Crippen LogP contribution < -0.4 is 0 Å². The van der Waals surface area contributed by atoms with Gasteiger partial charge in [-0.15, -0.1) is 0 Å². The summed E-state index contributed by atoms with van der Waals surface area (Å²) in [6.07, 6.45) is 43.9. The third-order valence-corrected chi connectivity index (χ3v) is 8.52. The molecule has 6 nitrogen and oxygen atoms in total. The summed E-state index contributed by atoms with van der Waals surface area (Å²) in [5.41, 5.74) is 0. The Bertz CT molecular complexity index is 645. The Labute approximate surface area is 315 Å². The number of carbonyl (C=O) groups excluding carboxylic acids is 2. The third-order valence-electron chi connectivity index (χ3n) is 8.10. The minimum atomic E-state index is -0.669. The first kappa shape index (κ1) is 49.2. The first-order valence-corrected chi connectivity index (χ1v) is 21.7. The minimum Gasteiger partial charge on any atom is -0.434 e. The zero-order valence-electron chi connectivity index (χ0n) is 31.1. The summed E-state index contributed by atoms with van der Waals surface area (Å²) in [7, 11) is 0. The highest BCUT2D eigenvalue weighted by Crippen LogP contribution is 2.12. The molecule has 0 bridgehead atoms. The van der Waals surface area contributed by atoms with E-state index in [-0.39, 0.29) is 6.07 Å². The summed E-state index contributed by atoms with van der Waals surface area (Å²) in [5.74, 6) is 0. The normalized spacial score (nSPS) is 11.1. The van der Waals surface area contributed by atoms with Crippen molar-refractivity contribution in [2.45, 2.75) is 194 Å². The van der Waals surface area contributed by atoms with E-state index in [4.69, 9.17) is 21.1 Å². The second-order valence-electron chi connectivity index (χ2n) is 12.6. The van der Waals surface area contributed by atoms with Gasteiger partial charge < -0.3 is 18.9 Å². The van der Waals surface area contributed by atoms with Crippen molar-refractivity contribution in [3.8, 4) is 0 Å². The zero-order valence-corrected chi connectivity index (χ0v) is 34.1. The van der Waals surface area contributed by atoms with Crippen molar-refractivity contribution >= 4 is 46.5 Å². The number of hydrogen-bond donors (Lipinski definition) is 0. The lowest BCUT2D eigenvalue weighted by atomic mass is 10.1. The van der Waals surface area contributed by atoms with Crippen molar-refractivity contribution in [3.63, 3.8) is 0 Å². The maximum Gasteiger partial charge on any atom is 0.509 e. The van der Waals surface area contributed by atoms with Gasteiger partial charge in [0.2, 0.25) is 0 Å². The predicted octanol–water partition coefficient (Wildman–Crippen LogP) is 14.9. The lowest BCUT2D eigenvalue weighted by molar-refractivity contribution is 0.0661. The van der Waals surface area contributed by atoms with E-state index >= 15 is 0 Å². The molecule has 0 aliphatic carbocycles. The number of ether oxygens (including phenoxy) is 4. The van der Waals surface area contributed by atoms with Crippen LogP contribution in [-0.4, -0.2) is 36.2 Å². The molecular formula is C40H74ClIO6. The molecule has 0 saturated heterocycles. The average Bonchev–Trinajstić information content (AvgIpc) is 3.08. The predicted molar refractivity (Wildman–Crippen MR) is 213 cm³/mol. The third kappa shape index (κ3) is 47.2. The molecule has 0 radical (unpaired) electrons. The van der Waals surface area contributed by atoms with Gasteiger partial charge in [0.25, 0.3) is 0 Å². The molecule has 0 aliphatic rings. The van der Waals surface area contributed by atoms with Crippen molar-refractivity contribution in [1.82, 2.24) is 0 Å². The zero-order chi connectivity index (χ0) is 35.4. The van der Waals surface area contributed by atoms with Crippen LogP contribution >= 0.6 is 34.2 Å². The van der Waals surface area contributed by atoms with Gasteiger partial charge in [0.15, 0.2) is 6.07 Å². The molecule has 284 valence electrons. The standard InChI is InChI=1S/C20H37ClO3.C20H37IO3/c2*1-2-3-4-5-6-7-8-9-10-11-12-13-14-15-16-17-18-23-20(22)24-19-21/h2*9-10H,2-8,11-19H2,1H3/b2*10-9+. The van der Waals surface area contributed by atoms with Crippen molar-refractivity contribution < 1.29 is 28.5 Å². The molecule has 0 aromatic heterocycles. The molecule has 48 heavy (non-hydrogen) atoms. The first-order chi connectivity index (χ1) is 23.6. The Morgan fingerprint density at radius 1 is 0.438 bits per heavy atom. The summed E-state index contributed by atoms with van der Waals surface area (Å²) >= 11 is 7.23. The highest BCUT2D eigenvalue weighted by molar-refractivity contribution is 14.1. The number of rotatable bonds is 34. The van der Waals surface area contributed by atoms with E-state index in [2.05, 4.69) is 47.6 Å². The van der Waals surface area contributed by atoms with Crippen molar-refractivity contribution in [3.05, 3.63) is 24.3 Å². The maximum absolute atomic E-state index is 10.9. The highest BCUT2D eigenvalue weighted by atomic mass is 127. The molecule has 0 heterocycles. The number of hydrogen-bond acceptors (Lipinski definition) is 6. The van der Waals surface area contributed by atoms with Gasteiger partial charge in [-0.05, 0) is 86.8 Å². The van der Waals surface area contributed by atoms with Gasteiger partial charge in [0, 0.05) is 0 Å². The second kappa shape index (κ2) is 46.0. The number of alkyl halides is 2. The minimum absolute atomic E-state index is 0.147. The van der Waals surface area contributed by atoms with E-state index in [1.165, 1.54) is 154 Å². The SMILES string of the molecule is CCCCCCCC/C=C/CCCCCCCCOC(=O)OCCl.CCCCCCCC/C=C/CCCCCCCCOC(=O)OCI. The van der Waals surface area contributed by atoms with Crippen LogP contribution in [0.1, 0.15) is 194 Å². The Morgan fingerprint density at radius 3 is 1.04 bits per heavy atom. The van der Waals surface area contributed by atoms with Gasteiger partial charge >= 0.3 is 12.3 Å². The fourth-order valence-corrected chi connectivity index (χ4v) is 5.53. The van der Waals surface area contributed by atoms with E-state index in [9.17, 15) is 9.59 Å². The van der Waals surface area contributed by atoms with E-state index in [1.807, 2.05) is 22.6 Å². The lowest BCUT2D eigenvalue weighted by Crippen LogP contribution is -2.07. The van der Waals surface area contributed by atoms with Gasteiger partial charge in [0.1, 0.15) is 4.61 Å². The molecular weight excluding hydrogens is 739 g/mol. The second-order valence-corrected chi connectivity index (χ2v) is 13.4. The molecule has 8 heteroatoms. The van der Waals surface area contributed by atoms with Crippen LogP contribution in [0.2, 0.25) is 0 Å². The summed E-state index contributed by atoms with van der Waals surface area (Å²) in [5, 5.41) is 0. The van der Waals surface area contributed by atoms with Crippen molar-refractivity contribution in [2.75, 3.05) is 23.9 Å². The van der Waals surface area contributed by atoms with Crippen molar-refractivity contribution in [2.24, 2.45) is 0 Å². The molecule has 0 amide bonds. The van der Waals surface area contributed by atoms with E-state index in [0.717, 1.165) is 25.7 Å². The van der Waals surface area contributed by atoms with Crippen LogP contribution in [0.25, 0.3) is 0 Å². The summed E-state index contributed by atoms with van der Waals surface area (Å²) in [4.78, 5) is 21.8. The lowest BCUT2D eigenvalue weighted by Gasteiger charge is -2.04. The molecule has 0 spiro atoms. The molecule has 0 fully saturated rings. The summed E-state index contributed by atoms with van der Waals surface area (Å²) in [6.45, 7) is 5.44. The van der Waals surface area contributed by atoms with Gasteiger partial charge in [-0.1, -0.05) is 165 Å². The van der Waals surface area contributed by atoms with Gasteiger partial charge in [-0.2, -0.15) is 0 Å². The monoisotopic (exact) mass is 812 g/mol. The summed E-state index contributed by atoms with van der Waals surface area (Å²) in [6, 6.07) is -0.147. The Kier molecular flexibility index (Phi) is 47.1. The molecule has 0 saturated carbocycles. The van der Waals surface area contributed by atoms with Crippen LogP contribution in [0.5, 0.6) is 0 Å². The Balaban J connectivity index is 0. The van der Waals surface area contributed by atoms with Crippen LogP contribution in [0.3, 0.4) is 0 Å². The van der Waals surface area contributed by atoms with Crippen LogP contribution in [-0.2, 0) is 18.9 Å². The number of carbonyl (C=O) groups is 2. The average molecular weight is 813 g/mol. The van der Waals surface area contributed by atoms with Gasteiger partial charge in [0.05, 0.1) is 13.2 Å². The fourth-order valence-electron chi connectivity index (χ4n) is 5.18. The van der Waals surface area contributed by atoms with Crippen LogP contribution in [0.4, 0.5) is 9.59 Å². The molecule has 0 N–H and O–H groups in total. The van der Waals surface area contributed by atoms with Crippen LogP contribution in [0.15, 0.2) is 24.3 Å². The van der Waals surface area contributed by atoms with E-state index < -0.39 is 12.3 Å². The number of halogens is 2. The first-order valence-electron chi connectivity index (χ1n) is 19.6. The van der Waals surface area contributed by atoms with Crippen molar-refractivity contribution in [1.29, 1.82) is 0 Å². The smallest absolute Gasteiger partial charge is 0.434 e. The summed E-state index contributed by atoms with van der Waals surface area (Å²) < 4.78 is 19.3. The molecule has 0 atom stereocenters. The Morgan fingerprint density at radius 2 is 0.729 bits per heavy atom. The van der Waals surface area contributed by atoms with Crippen LogP contribution in [0, 0.1) is 0 Å².